The molecule has 0 spiro atoms. The summed E-state index contributed by atoms with van der Waals surface area (Å²) in [7, 11) is 1.61. The van der Waals surface area contributed by atoms with Gasteiger partial charge in [0.25, 0.3) is 0 Å². The van der Waals surface area contributed by atoms with E-state index in [-0.39, 0.29) is 12.5 Å². The Labute approximate surface area is 94.9 Å². The number of aliphatic imine (C=N–C) groups is 1. The first-order chi connectivity index (χ1) is 7.76. The van der Waals surface area contributed by atoms with Crippen molar-refractivity contribution in [2.75, 3.05) is 20.3 Å². The van der Waals surface area contributed by atoms with Gasteiger partial charge in [-0.1, -0.05) is 0 Å². The van der Waals surface area contributed by atoms with Gasteiger partial charge in [0.05, 0.1) is 13.7 Å². The SMILES string of the molecule is CCOC(=O)CN=Cc1ccc(OC)cc1. The predicted molar refractivity (Wildman–Crippen MR) is 62.1 cm³/mol. The standard InChI is InChI=1S/C12H15NO3/c1-3-16-12(14)9-13-8-10-4-6-11(15-2)7-5-10/h4-8H,3,9H2,1-2H3. The first kappa shape index (κ1) is 12.2. The van der Waals surface area contributed by atoms with Crippen LogP contribution in [0.5, 0.6) is 5.75 Å². The molecule has 4 nitrogen and oxygen atoms in total. The minimum atomic E-state index is -0.313. The summed E-state index contributed by atoms with van der Waals surface area (Å²) in [5, 5.41) is 0. The average molecular weight is 221 g/mol. The molecule has 16 heavy (non-hydrogen) atoms. The van der Waals surface area contributed by atoms with E-state index in [0.29, 0.717) is 6.61 Å². The fourth-order valence-electron chi connectivity index (χ4n) is 1.12. The maximum Gasteiger partial charge on any atom is 0.327 e. The number of nitrogens with zero attached hydrogens (tertiary/aromatic N) is 1. The van der Waals surface area contributed by atoms with E-state index in [2.05, 4.69) is 4.99 Å². The van der Waals surface area contributed by atoms with Crippen LogP contribution in [0.2, 0.25) is 0 Å². The minimum absolute atomic E-state index is 0.0554. The van der Waals surface area contributed by atoms with Crippen molar-refractivity contribution in [3.8, 4) is 5.75 Å². The number of benzene rings is 1. The van der Waals surface area contributed by atoms with E-state index in [1.165, 1.54) is 0 Å². The Bertz CT molecular complexity index is 357. The molecule has 0 amide bonds. The molecule has 0 aromatic heterocycles. The zero-order chi connectivity index (χ0) is 11.8. The highest BCUT2D eigenvalue weighted by molar-refractivity contribution is 5.82. The highest BCUT2D eigenvalue weighted by Gasteiger charge is 1.97. The van der Waals surface area contributed by atoms with Crippen molar-refractivity contribution in [2.24, 2.45) is 4.99 Å². The summed E-state index contributed by atoms with van der Waals surface area (Å²) < 4.78 is 9.77. The average Bonchev–Trinajstić information content (AvgIpc) is 2.30. The summed E-state index contributed by atoms with van der Waals surface area (Å²) in [5.74, 6) is 0.481. The molecule has 0 aliphatic heterocycles. The van der Waals surface area contributed by atoms with Crippen molar-refractivity contribution < 1.29 is 14.3 Å². The van der Waals surface area contributed by atoms with Crippen LogP contribution in [0.1, 0.15) is 12.5 Å². The number of methoxy groups -OCH3 is 1. The third-order valence-electron chi connectivity index (χ3n) is 1.88. The van der Waals surface area contributed by atoms with Crippen LogP contribution in [-0.2, 0) is 9.53 Å². The summed E-state index contributed by atoms with van der Waals surface area (Å²) in [6.07, 6.45) is 1.64. The van der Waals surface area contributed by atoms with Gasteiger partial charge in [-0.2, -0.15) is 0 Å². The van der Waals surface area contributed by atoms with Gasteiger partial charge in [0.15, 0.2) is 0 Å². The van der Waals surface area contributed by atoms with Gasteiger partial charge in [-0.05, 0) is 36.8 Å². The summed E-state index contributed by atoms with van der Waals surface area (Å²) in [4.78, 5) is 15.0. The molecule has 0 saturated heterocycles. The quantitative estimate of drug-likeness (QED) is 0.561. The van der Waals surface area contributed by atoms with Crippen molar-refractivity contribution in [2.45, 2.75) is 6.92 Å². The van der Waals surface area contributed by atoms with E-state index in [1.807, 2.05) is 24.3 Å². The van der Waals surface area contributed by atoms with Gasteiger partial charge >= 0.3 is 5.97 Å². The van der Waals surface area contributed by atoms with E-state index in [1.54, 1.807) is 20.2 Å². The van der Waals surface area contributed by atoms with Crippen molar-refractivity contribution in [1.82, 2.24) is 0 Å². The number of rotatable bonds is 5. The molecule has 0 radical (unpaired) electrons. The Morgan fingerprint density at radius 2 is 2.06 bits per heavy atom. The molecular weight excluding hydrogens is 206 g/mol. The molecule has 0 N–H and O–H groups in total. The molecule has 1 aromatic rings. The first-order valence-electron chi connectivity index (χ1n) is 5.05. The van der Waals surface area contributed by atoms with Crippen LogP contribution in [-0.4, -0.2) is 32.4 Å². The van der Waals surface area contributed by atoms with Crippen LogP contribution in [0.4, 0.5) is 0 Å². The molecule has 86 valence electrons. The molecule has 0 fully saturated rings. The van der Waals surface area contributed by atoms with Crippen LogP contribution in [0.15, 0.2) is 29.3 Å². The largest absolute Gasteiger partial charge is 0.497 e. The minimum Gasteiger partial charge on any atom is -0.497 e. The summed E-state index contributed by atoms with van der Waals surface area (Å²) in [6.45, 7) is 2.21. The molecular formula is C12H15NO3. The molecule has 0 aliphatic carbocycles. The van der Waals surface area contributed by atoms with E-state index >= 15 is 0 Å². The topological polar surface area (TPSA) is 47.9 Å². The summed E-state index contributed by atoms with van der Waals surface area (Å²) >= 11 is 0. The third-order valence-corrected chi connectivity index (χ3v) is 1.88. The van der Waals surface area contributed by atoms with Gasteiger partial charge in [0, 0.05) is 6.21 Å². The Hall–Kier alpha value is -1.84. The van der Waals surface area contributed by atoms with E-state index < -0.39 is 0 Å². The van der Waals surface area contributed by atoms with Gasteiger partial charge in [-0.3, -0.25) is 9.79 Å². The zero-order valence-corrected chi connectivity index (χ0v) is 9.47. The van der Waals surface area contributed by atoms with E-state index in [4.69, 9.17) is 9.47 Å². The summed E-state index contributed by atoms with van der Waals surface area (Å²) in [6, 6.07) is 7.42. The van der Waals surface area contributed by atoms with Gasteiger partial charge in [-0.15, -0.1) is 0 Å². The van der Waals surface area contributed by atoms with Crippen molar-refractivity contribution in [3.05, 3.63) is 29.8 Å². The Morgan fingerprint density at radius 3 is 2.62 bits per heavy atom. The first-order valence-corrected chi connectivity index (χ1v) is 5.05. The van der Waals surface area contributed by atoms with Crippen LogP contribution >= 0.6 is 0 Å². The van der Waals surface area contributed by atoms with Crippen LogP contribution in [0.25, 0.3) is 0 Å². The van der Waals surface area contributed by atoms with Gasteiger partial charge in [-0.25, -0.2) is 0 Å². The highest BCUT2D eigenvalue weighted by atomic mass is 16.5. The lowest BCUT2D eigenvalue weighted by atomic mass is 10.2. The Balaban J connectivity index is 2.46. The van der Waals surface area contributed by atoms with Crippen LogP contribution in [0.3, 0.4) is 0 Å². The number of carbonyl (C=O) groups is 1. The lowest BCUT2D eigenvalue weighted by Crippen LogP contribution is -2.07. The van der Waals surface area contributed by atoms with E-state index in [0.717, 1.165) is 11.3 Å². The molecule has 0 bridgehead atoms. The highest BCUT2D eigenvalue weighted by Crippen LogP contribution is 2.09. The van der Waals surface area contributed by atoms with Gasteiger partial charge in [0.2, 0.25) is 0 Å². The molecule has 0 saturated carbocycles. The Kier molecular flexibility index (Phi) is 5.05. The monoisotopic (exact) mass is 221 g/mol. The predicted octanol–water partition coefficient (Wildman–Crippen LogP) is 1.68. The van der Waals surface area contributed by atoms with Crippen molar-refractivity contribution in [1.29, 1.82) is 0 Å². The lowest BCUT2D eigenvalue weighted by molar-refractivity contribution is -0.141. The fourth-order valence-corrected chi connectivity index (χ4v) is 1.12. The lowest BCUT2D eigenvalue weighted by Gasteiger charge is -1.99. The van der Waals surface area contributed by atoms with Crippen molar-refractivity contribution in [3.63, 3.8) is 0 Å². The molecule has 0 aliphatic rings. The maximum atomic E-state index is 11.0. The second-order valence-electron chi connectivity index (χ2n) is 3.05. The number of hydrogen-bond acceptors (Lipinski definition) is 4. The molecule has 0 atom stereocenters. The van der Waals surface area contributed by atoms with Crippen LogP contribution in [0, 0.1) is 0 Å². The van der Waals surface area contributed by atoms with Gasteiger partial charge in [0.1, 0.15) is 12.3 Å². The number of carbonyl (C=O) groups excluding carboxylic acids is 1. The number of esters is 1. The number of ether oxygens (including phenoxy) is 2. The smallest absolute Gasteiger partial charge is 0.327 e. The molecule has 1 rings (SSSR count). The van der Waals surface area contributed by atoms with E-state index in [9.17, 15) is 4.79 Å². The fraction of sp³-hybridized carbons (Fsp3) is 0.333. The molecule has 1 aromatic carbocycles. The van der Waals surface area contributed by atoms with Gasteiger partial charge < -0.3 is 9.47 Å². The Morgan fingerprint density at radius 1 is 1.38 bits per heavy atom. The normalized spacial score (nSPS) is 10.4. The second-order valence-corrected chi connectivity index (χ2v) is 3.05. The summed E-state index contributed by atoms with van der Waals surface area (Å²) in [5.41, 5.74) is 0.921. The number of hydrogen-bond donors (Lipinski definition) is 0. The van der Waals surface area contributed by atoms with Crippen LogP contribution < -0.4 is 4.74 Å². The molecule has 0 heterocycles. The third kappa shape index (κ3) is 4.13. The molecule has 4 heteroatoms. The second kappa shape index (κ2) is 6.61. The maximum absolute atomic E-state index is 11.0. The zero-order valence-electron chi connectivity index (χ0n) is 9.47. The van der Waals surface area contributed by atoms with Crippen molar-refractivity contribution >= 4 is 12.2 Å². The molecule has 0 unspecified atom stereocenters.